The van der Waals surface area contributed by atoms with Gasteiger partial charge in [-0.1, -0.05) is 17.7 Å². The van der Waals surface area contributed by atoms with Gasteiger partial charge in [0.05, 0.1) is 37.4 Å². The summed E-state index contributed by atoms with van der Waals surface area (Å²) in [5, 5.41) is 9.60. The van der Waals surface area contributed by atoms with Crippen LogP contribution >= 0.6 is 11.6 Å². The normalized spacial score (nSPS) is 18.8. The molecular weight excluding hydrogens is 282 g/mol. The lowest BCUT2D eigenvalue weighted by Crippen LogP contribution is -2.41. The third-order valence-electron chi connectivity index (χ3n) is 3.16. The maximum Gasteiger partial charge on any atom is 0.226 e. The van der Waals surface area contributed by atoms with Crippen LogP contribution in [0.4, 0.5) is 0 Å². The molecule has 1 atom stereocenters. The highest BCUT2D eigenvalue weighted by atomic mass is 35.5. The molecule has 0 spiro atoms. The molecule has 6 heteroatoms. The van der Waals surface area contributed by atoms with Gasteiger partial charge in [-0.3, -0.25) is 4.79 Å². The summed E-state index contributed by atoms with van der Waals surface area (Å²) in [5.74, 6) is -0.00935. The van der Waals surface area contributed by atoms with Crippen LogP contribution < -0.4 is 0 Å². The Morgan fingerprint density at radius 1 is 1.50 bits per heavy atom. The highest BCUT2D eigenvalue weighted by Crippen LogP contribution is 2.24. The van der Waals surface area contributed by atoms with Crippen molar-refractivity contribution in [2.75, 3.05) is 33.4 Å². The Kier molecular flexibility index (Phi) is 5.23. The molecule has 1 aromatic rings. The molecule has 0 radical (unpaired) electrons. The number of amides is 1. The molecule has 110 valence electrons. The molecule has 0 aromatic heterocycles. The van der Waals surface area contributed by atoms with Crippen molar-refractivity contribution in [3.8, 4) is 5.75 Å². The van der Waals surface area contributed by atoms with Crippen molar-refractivity contribution in [2.24, 2.45) is 0 Å². The van der Waals surface area contributed by atoms with Crippen LogP contribution in [0.25, 0.3) is 0 Å². The molecule has 0 aliphatic carbocycles. The maximum absolute atomic E-state index is 12.1. The zero-order valence-electron chi connectivity index (χ0n) is 11.3. The molecule has 1 saturated heterocycles. The number of nitrogens with zero attached hydrogens (tertiary/aromatic N) is 1. The highest BCUT2D eigenvalue weighted by Gasteiger charge is 2.19. The molecule has 2 rings (SSSR count). The number of carbonyl (C=O) groups excluding carboxylic acids is 1. The van der Waals surface area contributed by atoms with Crippen LogP contribution in [0, 0.1) is 0 Å². The van der Waals surface area contributed by atoms with Crippen LogP contribution in [0.15, 0.2) is 18.2 Å². The van der Waals surface area contributed by atoms with E-state index < -0.39 is 0 Å². The van der Waals surface area contributed by atoms with Gasteiger partial charge in [-0.15, -0.1) is 0 Å². The molecule has 1 aliphatic rings. The topological polar surface area (TPSA) is 59.0 Å². The summed E-state index contributed by atoms with van der Waals surface area (Å²) >= 11 is 5.82. The van der Waals surface area contributed by atoms with Crippen molar-refractivity contribution < 1.29 is 19.4 Å². The molecule has 1 aromatic carbocycles. The van der Waals surface area contributed by atoms with Gasteiger partial charge in [-0.05, 0) is 17.7 Å². The van der Waals surface area contributed by atoms with Gasteiger partial charge in [0, 0.05) is 13.6 Å². The number of ether oxygens (including phenoxy) is 2. The molecule has 1 N–H and O–H groups in total. The number of phenols is 1. The van der Waals surface area contributed by atoms with Gasteiger partial charge in [-0.2, -0.15) is 0 Å². The first-order chi connectivity index (χ1) is 9.56. The fraction of sp³-hybridized carbons (Fsp3) is 0.500. The number of carbonyl (C=O) groups is 1. The number of halogens is 1. The third-order valence-corrected chi connectivity index (χ3v) is 3.46. The summed E-state index contributed by atoms with van der Waals surface area (Å²) in [6, 6.07) is 4.78. The minimum Gasteiger partial charge on any atom is -0.506 e. The maximum atomic E-state index is 12.1. The Bertz CT molecular complexity index is 474. The molecule has 1 amide bonds. The fourth-order valence-electron chi connectivity index (χ4n) is 2.02. The standard InChI is InChI=1S/C14H18ClNO4/c1-16(8-11-9-19-4-5-20-11)14(18)7-10-2-3-13(17)12(15)6-10/h2-3,6,11,17H,4-5,7-9H2,1H3. The van der Waals surface area contributed by atoms with Crippen molar-refractivity contribution in [1.82, 2.24) is 4.90 Å². The zero-order valence-corrected chi connectivity index (χ0v) is 12.1. The van der Waals surface area contributed by atoms with E-state index in [2.05, 4.69) is 0 Å². The average Bonchev–Trinajstić information content (AvgIpc) is 2.44. The second-order valence-corrected chi connectivity index (χ2v) is 5.21. The van der Waals surface area contributed by atoms with Gasteiger partial charge in [0.2, 0.25) is 5.91 Å². The fourth-order valence-corrected chi connectivity index (χ4v) is 2.22. The van der Waals surface area contributed by atoms with Crippen LogP contribution in [-0.2, 0) is 20.7 Å². The van der Waals surface area contributed by atoms with E-state index in [0.29, 0.717) is 26.4 Å². The van der Waals surface area contributed by atoms with E-state index in [-0.39, 0.29) is 29.2 Å². The number of aromatic hydroxyl groups is 1. The van der Waals surface area contributed by atoms with E-state index in [0.717, 1.165) is 5.56 Å². The second-order valence-electron chi connectivity index (χ2n) is 4.80. The summed E-state index contributed by atoms with van der Waals surface area (Å²) in [6.07, 6.45) is 0.172. The van der Waals surface area contributed by atoms with E-state index in [1.807, 2.05) is 0 Å². The molecule has 1 unspecified atom stereocenters. The Morgan fingerprint density at radius 3 is 2.95 bits per heavy atom. The Labute approximate surface area is 123 Å². The predicted molar refractivity (Wildman–Crippen MR) is 75.0 cm³/mol. The number of phenolic OH excluding ortho intramolecular Hbond substituents is 1. The minimum atomic E-state index is -0.0684. The average molecular weight is 300 g/mol. The monoisotopic (exact) mass is 299 g/mol. The highest BCUT2D eigenvalue weighted by molar-refractivity contribution is 6.32. The van der Waals surface area contributed by atoms with Gasteiger partial charge in [-0.25, -0.2) is 0 Å². The Morgan fingerprint density at radius 2 is 2.30 bits per heavy atom. The van der Waals surface area contributed by atoms with Gasteiger partial charge in [0.1, 0.15) is 5.75 Å². The lowest BCUT2D eigenvalue weighted by molar-refractivity contribution is -0.135. The Hall–Kier alpha value is -1.30. The van der Waals surface area contributed by atoms with Gasteiger partial charge in [0.25, 0.3) is 0 Å². The number of benzene rings is 1. The van der Waals surface area contributed by atoms with Crippen molar-refractivity contribution in [1.29, 1.82) is 0 Å². The predicted octanol–water partition coefficient (Wildman–Crippen LogP) is 1.46. The molecule has 1 fully saturated rings. The van der Waals surface area contributed by atoms with E-state index >= 15 is 0 Å². The van der Waals surface area contributed by atoms with E-state index in [4.69, 9.17) is 21.1 Å². The number of hydrogen-bond acceptors (Lipinski definition) is 4. The van der Waals surface area contributed by atoms with E-state index in [1.165, 1.54) is 6.07 Å². The first kappa shape index (κ1) is 15.1. The minimum absolute atomic E-state index is 0.0176. The molecule has 5 nitrogen and oxygen atoms in total. The molecular formula is C14H18ClNO4. The molecule has 1 aliphatic heterocycles. The van der Waals surface area contributed by atoms with Crippen molar-refractivity contribution in [3.05, 3.63) is 28.8 Å². The summed E-state index contributed by atoms with van der Waals surface area (Å²) in [5.41, 5.74) is 0.769. The van der Waals surface area contributed by atoms with Crippen LogP contribution in [-0.4, -0.2) is 55.4 Å². The zero-order chi connectivity index (χ0) is 14.5. The van der Waals surface area contributed by atoms with Crippen LogP contribution in [0.5, 0.6) is 5.75 Å². The summed E-state index contributed by atoms with van der Waals surface area (Å²) < 4.78 is 10.8. The van der Waals surface area contributed by atoms with Gasteiger partial charge in [0.15, 0.2) is 0 Å². The summed E-state index contributed by atoms with van der Waals surface area (Å²) in [7, 11) is 1.74. The van der Waals surface area contributed by atoms with Crippen molar-refractivity contribution in [3.63, 3.8) is 0 Å². The van der Waals surface area contributed by atoms with Crippen molar-refractivity contribution >= 4 is 17.5 Å². The molecule has 20 heavy (non-hydrogen) atoms. The molecule has 0 saturated carbocycles. The summed E-state index contributed by atoms with van der Waals surface area (Å²) in [6.45, 7) is 2.20. The van der Waals surface area contributed by atoms with Gasteiger partial charge >= 0.3 is 0 Å². The smallest absolute Gasteiger partial charge is 0.226 e. The molecule has 1 heterocycles. The van der Waals surface area contributed by atoms with Crippen molar-refractivity contribution in [2.45, 2.75) is 12.5 Å². The van der Waals surface area contributed by atoms with E-state index in [9.17, 15) is 9.90 Å². The summed E-state index contributed by atoms with van der Waals surface area (Å²) in [4.78, 5) is 13.7. The quantitative estimate of drug-likeness (QED) is 0.914. The SMILES string of the molecule is CN(CC1COCCO1)C(=O)Cc1ccc(O)c(Cl)c1. The first-order valence-corrected chi connectivity index (χ1v) is 6.85. The van der Waals surface area contributed by atoms with Crippen LogP contribution in [0.2, 0.25) is 5.02 Å². The Balaban J connectivity index is 1.88. The lowest BCUT2D eigenvalue weighted by atomic mass is 10.1. The van der Waals surface area contributed by atoms with Crippen LogP contribution in [0.3, 0.4) is 0 Å². The third kappa shape index (κ3) is 4.10. The lowest BCUT2D eigenvalue weighted by Gasteiger charge is -2.27. The van der Waals surface area contributed by atoms with Gasteiger partial charge < -0.3 is 19.5 Å². The second kappa shape index (κ2) is 6.92. The number of likely N-dealkylation sites (N-methyl/N-ethyl adjacent to an activating group) is 1. The first-order valence-electron chi connectivity index (χ1n) is 6.47. The van der Waals surface area contributed by atoms with Crippen LogP contribution in [0.1, 0.15) is 5.56 Å². The number of hydrogen-bond donors (Lipinski definition) is 1. The molecule has 0 bridgehead atoms. The number of rotatable bonds is 4. The largest absolute Gasteiger partial charge is 0.506 e. The van der Waals surface area contributed by atoms with E-state index in [1.54, 1.807) is 24.1 Å².